The summed E-state index contributed by atoms with van der Waals surface area (Å²) in [4.78, 5) is 37.5. The van der Waals surface area contributed by atoms with Crippen molar-refractivity contribution in [3.05, 3.63) is 29.3 Å². The highest BCUT2D eigenvalue weighted by atomic mass is 16.5. The second kappa shape index (κ2) is 6.09. The Morgan fingerprint density at radius 2 is 1.77 bits per heavy atom. The summed E-state index contributed by atoms with van der Waals surface area (Å²) in [5.41, 5.74) is 4.63. The summed E-state index contributed by atoms with van der Waals surface area (Å²) in [6.07, 6.45) is 0.337. The van der Waals surface area contributed by atoms with Gasteiger partial charge in [0.15, 0.2) is 6.10 Å². The summed E-state index contributed by atoms with van der Waals surface area (Å²) in [7, 11) is 0. The van der Waals surface area contributed by atoms with Gasteiger partial charge in [0.25, 0.3) is 17.7 Å². The van der Waals surface area contributed by atoms with Gasteiger partial charge < -0.3 is 9.47 Å². The molecule has 3 saturated heterocycles. The Hall–Kier alpha value is -2.41. The van der Waals surface area contributed by atoms with Crippen LogP contribution in [0.2, 0.25) is 0 Å². The van der Waals surface area contributed by atoms with E-state index in [0.29, 0.717) is 5.75 Å². The molecule has 1 aromatic carbocycles. The number of hydrogen-bond acceptors (Lipinski definition) is 5. The van der Waals surface area contributed by atoms with Gasteiger partial charge in [0, 0.05) is 0 Å². The van der Waals surface area contributed by atoms with Gasteiger partial charge in [0.1, 0.15) is 5.75 Å². The molecule has 4 rings (SSSR count). The predicted octanol–water partition coefficient (Wildman–Crippen LogP) is 1.26. The van der Waals surface area contributed by atoms with E-state index < -0.39 is 23.8 Å². The summed E-state index contributed by atoms with van der Waals surface area (Å²) in [5.74, 6) is -1.63. The maximum atomic E-state index is 12.6. The van der Waals surface area contributed by atoms with Gasteiger partial charge in [-0.05, 0) is 56.9 Å². The van der Waals surface area contributed by atoms with Crippen molar-refractivity contribution in [1.29, 1.82) is 0 Å². The van der Waals surface area contributed by atoms with Gasteiger partial charge in [0.2, 0.25) is 0 Å². The van der Waals surface area contributed by atoms with E-state index in [2.05, 4.69) is 5.43 Å². The van der Waals surface area contributed by atoms with Crippen LogP contribution in [0.25, 0.3) is 0 Å². The second-order valence-electron chi connectivity index (χ2n) is 7.34. The molecule has 3 amide bonds. The fourth-order valence-electron chi connectivity index (χ4n) is 4.07. The molecule has 0 aliphatic carbocycles. The van der Waals surface area contributed by atoms with Gasteiger partial charge in [-0.1, -0.05) is 6.07 Å². The van der Waals surface area contributed by atoms with Crippen LogP contribution in [0.3, 0.4) is 0 Å². The number of amides is 3. The summed E-state index contributed by atoms with van der Waals surface area (Å²) in [5, 5.41) is 0.867. The molecule has 5 atom stereocenters. The zero-order valence-electron chi connectivity index (χ0n) is 15.0. The minimum Gasteiger partial charge on any atom is -0.481 e. The first-order valence-electron chi connectivity index (χ1n) is 8.94. The molecule has 1 aromatic rings. The van der Waals surface area contributed by atoms with E-state index in [4.69, 9.17) is 9.47 Å². The fraction of sp³-hybridized carbons (Fsp3) is 0.526. The molecule has 3 aliphatic heterocycles. The number of nitrogens with zero attached hydrogens (tertiary/aromatic N) is 1. The third kappa shape index (κ3) is 2.58. The monoisotopic (exact) mass is 358 g/mol. The molecule has 3 aliphatic rings. The molecule has 3 fully saturated rings. The number of fused-ring (bicyclic) bond motifs is 5. The average molecular weight is 358 g/mol. The number of hydrazine groups is 1. The summed E-state index contributed by atoms with van der Waals surface area (Å²) in [6.45, 7) is 5.54. The van der Waals surface area contributed by atoms with Crippen LogP contribution < -0.4 is 10.2 Å². The fourth-order valence-corrected chi connectivity index (χ4v) is 4.07. The van der Waals surface area contributed by atoms with Crippen LogP contribution in [0.15, 0.2) is 18.2 Å². The molecule has 0 spiro atoms. The zero-order chi connectivity index (χ0) is 18.6. The number of carbonyl (C=O) groups is 3. The Morgan fingerprint density at radius 1 is 1.15 bits per heavy atom. The van der Waals surface area contributed by atoms with E-state index in [1.807, 2.05) is 26.0 Å². The van der Waals surface area contributed by atoms with Gasteiger partial charge in [-0.2, -0.15) is 5.01 Å². The maximum absolute atomic E-state index is 12.6. The molecule has 7 nitrogen and oxygen atoms in total. The Labute approximate surface area is 151 Å². The lowest BCUT2D eigenvalue weighted by Crippen LogP contribution is -2.51. The van der Waals surface area contributed by atoms with Gasteiger partial charge in [-0.25, -0.2) is 0 Å². The third-order valence-electron chi connectivity index (χ3n) is 5.67. The van der Waals surface area contributed by atoms with Gasteiger partial charge >= 0.3 is 0 Å². The zero-order valence-corrected chi connectivity index (χ0v) is 15.0. The highest BCUT2D eigenvalue weighted by Gasteiger charge is 2.63. The maximum Gasteiger partial charge on any atom is 0.279 e. The molecular formula is C19H22N2O5. The number of nitrogens with one attached hydrogen (secondary N) is 1. The van der Waals surface area contributed by atoms with Crippen LogP contribution >= 0.6 is 0 Å². The van der Waals surface area contributed by atoms with Crippen molar-refractivity contribution in [1.82, 2.24) is 10.4 Å². The van der Waals surface area contributed by atoms with E-state index in [-0.39, 0.29) is 24.0 Å². The quantitative estimate of drug-likeness (QED) is 0.819. The number of rotatable bonds is 4. The normalized spacial score (nSPS) is 30.5. The van der Waals surface area contributed by atoms with Gasteiger partial charge in [-0.15, -0.1) is 0 Å². The lowest BCUT2D eigenvalue weighted by Gasteiger charge is -2.21. The van der Waals surface area contributed by atoms with E-state index in [9.17, 15) is 14.4 Å². The first kappa shape index (κ1) is 17.0. The number of ether oxygens (including phenoxy) is 2. The molecule has 0 radical (unpaired) electrons. The number of benzene rings is 1. The Bertz CT molecular complexity index is 764. The van der Waals surface area contributed by atoms with E-state index >= 15 is 0 Å². The molecule has 0 saturated carbocycles. The van der Waals surface area contributed by atoms with Crippen molar-refractivity contribution >= 4 is 17.7 Å². The van der Waals surface area contributed by atoms with Crippen molar-refractivity contribution in [3.8, 4) is 5.75 Å². The first-order chi connectivity index (χ1) is 12.4. The standard InChI is InChI=1S/C19H22N2O5/c1-9-4-5-12(8-10(9)2)25-11(3)17(22)20-21-18(23)15-13-6-7-14(26-13)16(15)19(21)24/h4-5,8,11,13-16H,6-7H2,1-3H3,(H,20,22)/t11-,13-,14+,15+,16+/m1/s1. The highest BCUT2D eigenvalue weighted by molar-refractivity contribution is 6.07. The Kier molecular flexibility index (Phi) is 3.99. The van der Waals surface area contributed by atoms with E-state index in [1.54, 1.807) is 13.0 Å². The van der Waals surface area contributed by atoms with Gasteiger partial charge in [0.05, 0.1) is 24.0 Å². The average Bonchev–Trinajstić information content (AvgIpc) is 3.28. The van der Waals surface area contributed by atoms with E-state index in [1.165, 1.54) is 0 Å². The van der Waals surface area contributed by atoms with Crippen molar-refractivity contribution < 1.29 is 23.9 Å². The molecule has 2 bridgehead atoms. The third-order valence-corrected chi connectivity index (χ3v) is 5.67. The summed E-state index contributed by atoms with van der Waals surface area (Å²) in [6, 6.07) is 5.56. The Morgan fingerprint density at radius 3 is 2.35 bits per heavy atom. The number of hydrogen-bond donors (Lipinski definition) is 1. The molecular weight excluding hydrogens is 336 g/mol. The van der Waals surface area contributed by atoms with Crippen LogP contribution in [0.4, 0.5) is 0 Å². The lowest BCUT2D eigenvalue weighted by atomic mass is 9.81. The largest absolute Gasteiger partial charge is 0.481 e. The molecule has 1 N–H and O–H groups in total. The Balaban J connectivity index is 1.42. The minimum absolute atomic E-state index is 0.201. The van der Waals surface area contributed by atoms with Crippen molar-refractivity contribution in [2.24, 2.45) is 11.8 Å². The van der Waals surface area contributed by atoms with Crippen molar-refractivity contribution in [2.45, 2.75) is 51.9 Å². The van der Waals surface area contributed by atoms with Crippen LogP contribution in [0.1, 0.15) is 30.9 Å². The smallest absolute Gasteiger partial charge is 0.279 e. The molecule has 3 heterocycles. The first-order valence-corrected chi connectivity index (χ1v) is 8.94. The topological polar surface area (TPSA) is 84.9 Å². The molecule has 26 heavy (non-hydrogen) atoms. The number of imide groups is 1. The van der Waals surface area contributed by atoms with Crippen LogP contribution in [0, 0.1) is 25.7 Å². The van der Waals surface area contributed by atoms with Crippen LogP contribution in [-0.4, -0.2) is 41.0 Å². The SMILES string of the molecule is Cc1ccc(O[C@H](C)C(=O)NN2C(=O)[C@@H]3[C@@H](C2=O)[C@H]2CC[C@@H]3O2)cc1C. The number of carbonyl (C=O) groups excluding carboxylic acids is 3. The minimum atomic E-state index is -0.842. The van der Waals surface area contributed by atoms with Gasteiger partial charge in [-0.3, -0.25) is 19.8 Å². The second-order valence-corrected chi connectivity index (χ2v) is 7.34. The van der Waals surface area contributed by atoms with Crippen LogP contribution in [-0.2, 0) is 19.1 Å². The summed E-state index contributed by atoms with van der Waals surface area (Å²) < 4.78 is 11.3. The predicted molar refractivity (Wildman–Crippen MR) is 90.9 cm³/mol. The van der Waals surface area contributed by atoms with E-state index in [0.717, 1.165) is 29.0 Å². The number of aryl methyl sites for hydroxylation is 2. The molecule has 7 heteroatoms. The molecule has 0 unspecified atom stereocenters. The summed E-state index contributed by atoms with van der Waals surface area (Å²) >= 11 is 0. The highest BCUT2D eigenvalue weighted by Crippen LogP contribution is 2.48. The lowest BCUT2D eigenvalue weighted by molar-refractivity contribution is -0.153. The molecule has 138 valence electrons. The molecule has 0 aromatic heterocycles. The van der Waals surface area contributed by atoms with Crippen molar-refractivity contribution in [2.75, 3.05) is 0 Å². The van der Waals surface area contributed by atoms with Crippen molar-refractivity contribution in [3.63, 3.8) is 0 Å². The van der Waals surface area contributed by atoms with Crippen LogP contribution in [0.5, 0.6) is 5.75 Å².